The van der Waals surface area contributed by atoms with Crippen LogP contribution in [0, 0.1) is 5.92 Å². The second kappa shape index (κ2) is 5.04. The van der Waals surface area contributed by atoms with E-state index in [9.17, 15) is 4.79 Å². The molecule has 1 saturated heterocycles. The van der Waals surface area contributed by atoms with E-state index in [1.165, 1.54) is 0 Å². The van der Waals surface area contributed by atoms with Crippen molar-refractivity contribution in [2.24, 2.45) is 17.4 Å². The first kappa shape index (κ1) is 10.3. The number of hydrogen-bond donors (Lipinski definition) is 3. The lowest BCUT2D eigenvalue weighted by atomic mass is 10.0. The molecule has 0 saturated carbocycles. The Kier molecular flexibility index (Phi) is 3.98. The number of urea groups is 1. The Hall–Kier alpha value is -0.810. The van der Waals surface area contributed by atoms with Crippen LogP contribution in [0.15, 0.2) is 0 Å². The summed E-state index contributed by atoms with van der Waals surface area (Å²) in [6.07, 6.45) is 1.01. The standard InChI is InChI=1S/C8H18N4O/c9-2-1-3-11-4-7-5-12(6-7)8(10)13/h7,11H,1-6,9H2,(H2,10,13). The molecule has 1 aliphatic rings. The maximum Gasteiger partial charge on any atom is 0.314 e. The first-order chi connectivity index (χ1) is 6.24. The van der Waals surface area contributed by atoms with Crippen LogP contribution in [0.3, 0.4) is 0 Å². The zero-order valence-corrected chi connectivity index (χ0v) is 7.83. The first-order valence-electron chi connectivity index (χ1n) is 4.69. The molecule has 0 bridgehead atoms. The summed E-state index contributed by atoms with van der Waals surface area (Å²) >= 11 is 0. The fourth-order valence-electron chi connectivity index (χ4n) is 1.41. The topological polar surface area (TPSA) is 84.4 Å². The molecule has 1 rings (SSSR count). The third-order valence-electron chi connectivity index (χ3n) is 2.26. The summed E-state index contributed by atoms with van der Waals surface area (Å²) in [4.78, 5) is 12.3. The number of hydrogen-bond acceptors (Lipinski definition) is 3. The predicted molar refractivity (Wildman–Crippen MR) is 51.2 cm³/mol. The van der Waals surface area contributed by atoms with E-state index in [0.29, 0.717) is 5.92 Å². The third kappa shape index (κ3) is 3.20. The Labute approximate surface area is 78.4 Å². The van der Waals surface area contributed by atoms with Crippen LogP contribution in [0.5, 0.6) is 0 Å². The molecular weight excluding hydrogens is 168 g/mol. The summed E-state index contributed by atoms with van der Waals surface area (Å²) in [5.41, 5.74) is 10.4. The minimum absolute atomic E-state index is 0.307. The van der Waals surface area contributed by atoms with Gasteiger partial charge in [-0.3, -0.25) is 0 Å². The highest BCUT2D eigenvalue weighted by Crippen LogP contribution is 2.13. The van der Waals surface area contributed by atoms with E-state index in [0.717, 1.165) is 39.1 Å². The van der Waals surface area contributed by atoms with Crippen LogP contribution in [0.1, 0.15) is 6.42 Å². The van der Waals surface area contributed by atoms with E-state index in [2.05, 4.69) is 5.32 Å². The van der Waals surface area contributed by atoms with Gasteiger partial charge < -0.3 is 21.7 Å². The van der Waals surface area contributed by atoms with Crippen molar-refractivity contribution in [1.29, 1.82) is 0 Å². The van der Waals surface area contributed by atoms with Gasteiger partial charge in [-0.1, -0.05) is 0 Å². The molecular formula is C8H18N4O. The van der Waals surface area contributed by atoms with Crippen LogP contribution in [-0.4, -0.2) is 43.7 Å². The summed E-state index contributed by atoms with van der Waals surface area (Å²) in [5, 5.41) is 3.29. The molecule has 1 fully saturated rings. The Morgan fingerprint density at radius 3 is 2.77 bits per heavy atom. The summed E-state index contributed by atoms with van der Waals surface area (Å²) in [5.74, 6) is 0.574. The molecule has 0 aromatic carbocycles. The molecule has 2 amide bonds. The lowest BCUT2D eigenvalue weighted by molar-refractivity contribution is 0.127. The molecule has 0 aromatic rings. The monoisotopic (exact) mass is 186 g/mol. The van der Waals surface area contributed by atoms with Gasteiger partial charge in [-0.25, -0.2) is 4.79 Å². The molecule has 5 heteroatoms. The van der Waals surface area contributed by atoms with Crippen LogP contribution < -0.4 is 16.8 Å². The number of rotatable bonds is 5. The van der Waals surface area contributed by atoms with Gasteiger partial charge in [0.25, 0.3) is 0 Å². The SMILES string of the molecule is NCCCNCC1CN(C(N)=O)C1. The minimum atomic E-state index is -0.307. The molecule has 5 N–H and O–H groups in total. The normalized spacial score (nSPS) is 17.2. The van der Waals surface area contributed by atoms with E-state index >= 15 is 0 Å². The Morgan fingerprint density at radius 1 is 1.54 bits per heavy atom. The van der Waals surface area contributed by atoms with Crippen LogP contribution in [-0.2, 0) is 0 Å². The maximum absolute atomic E-state index is 10.6. The molecule has 0 aromatic heterocycles. The van der Waals surface area contributed by atoms with Crippen molar-refractivity contribution in [3.05, 3.63) is 0 Å². The quantitative estimate of drug-likeness (QED) is 0.478. The summed E-state index contributed by atoms with van der Waals surface area (Å²) in [6, 6.07) is -0.307. The van der Waals surface area contributed by atoms with Gasteiger partial charge in [0, 0.05) is 25.6 Å². The van der Waals surface area contributed by atoms with Crippen LogP contribution in [0.25, 0.3) is 0 Å². The van der Waals surface area contributed by atoms with Crippen molar-refractivity contribution < 1.29 is 4.79 Å². The number of carbonyl (C=O) groups excluding carboxylic acids is 1. The van der Waals surface area contributed by atoms with Gasteiger partial charge in [0.15, 0.2) is 0 Å². The number of amides is 2. The van der Waals surface area contributed by atoms with Gasteiger partial charge in [-0.15, -0.1) is 0 Å². The molecule has 1 aliphatic heterocycles. The van der Waals surface area contributed by atoms with Crippen molar-refractivity contribution in [3.8, 4) is 0 Å². The highest BCUT2D eigenvalue weighted by Gasteiger charge is 2.28. The van der Waals surface area contributed by atoms with Gasteiger partial charge in [-0.2, -0.15) is 0 Å². The minimum Gasteiger partial charge on any atom is -0.351 e. The Bertz CT molecular complexity index is 168. The van der Waals surface area contributed by atoms with E-state index in [1.54, 1.807) is 4.90 Å². The Balaban J connectivity index is 1.93. The smallest absolute Gasteiger partial charge is 0.314 e. The molecule has 5 nitrogen and oxygen atoms in total. The second-order valence-electron chi connectivity index (χ2n) is 3.46. The van der Waals surface area contributed by atoms with Gasteiger partial charge in [0.05, 0.1) is 0 Å². The van der Waals surface area contributed by atoms with E-state index < -0.39 is 0 Å². The number of nitrogens with zero attached hydrogens (tertiary/aromatic N) is 1. The summed E-state index contributed by atoms with van der Waals surface area (Å²) in [6.45, 7) is 4.24. The van der Waals surface area contributed by atoms with Crippen LogP contribution in [0.2, 0.25) is 0 Å². The summed E-state index contributed by atoms with van der Waals surface area (Å²) in [7, 11) is 0. The number of carbonyl (C=O) groups is 1. The molecule has 0 radical (unpaired) electrons. The molecule has 0 atom stereocenters. The largest absolute Gasteiger partial charge is 0.351 e. The highest BCUT2D eigenvalue weighted by atomic mass is 16.2. The van der Waals surface area contributed by atoms with E-state index in [-0.39, 0.29) is 6.03 Å². The fourth-order valence-corrected chi connectivity index (χ4v) is 1.41. The molecule has 13 heavy (non-hydrogen) atoms. The van der Waals surface area contributed by atoms with Gasteiger partial charge in [0.2, 0.25) is 0 Å². The van der Waals surface area contributed by atoms with Crippen molar-refractivity contribution in [2.75, 3.05) is 32.7 Å². The predicted octanol–water partition coefficient (Wildman–Crippen LogP) is -1.06. The fraction of sp³-hybridized carbons (Fsp3) is 0.875. The molecule has 0 spiro atoms. The molecule has 0 unspecified atom stereocenters. The Morgan fingerprint density at radius 2 is 2.23 bits per heavy atom. The molecule has 0 aliphatic carbocycles. The number of nitrogens with two attached hydrogens (primary N) is 2. The van der Waals surface area contributed by atoms with Crippen molar-refractivity contribution in [2.45, 2.75) is 6.42 Å². The first-order valence-corrected chi connectivity index (χ1v) is 4.69. The van der Waals surface area contributed by atoms with Crippen molar-refractivity contribution in [3.63, 3.8) is 0 Å². The van der Waals surface area contributed by atoms with Crippen LogP contribution in [0.4, 0.5) is 4.79 Å². The highest BCUT2D eigenvalue weighted by molar-refractivity contribution is 5.72. The third-order valence-corrected chi connectivity index (χ3v) is 2.26. The lowest BCUT2D eigenvalue weighted by Gasteiger charge is -2.38. The van der Waals surface area contributed by atoms with Gasteiger partial charge in [0.1, 0.15) is 0 Å². The van der Waals surface area contributed by atoms with Crippen LogP contribution >= 0.6 is 0 Å². The number of primary amides is 1. The van der Waals surface area contributed by atoms with Crippen molar-refractivity contribution in [1.82, 2.24) is 10.2 Å². The zero-order valence-electron chi connectivity index (χ0n) is 7.83. The van der Waals surface area contributed by atoms with E-state index in [1.807, 2.05) is 0 Å². The number of nitrogens with one attached hydrogen (secondary N) is 1. The second-order valence-corrected chi connectivity index (χ2v) is 3.46. The average molecular weight is 186 g/mol. The molecule has 1 heterocycles. The molecule has 76 valence electrons. The number of likely N-dealkylation sites (tertiary alicyclic amines) is 1. The maximum atomic E-state index is 10.6. The van der Waals surface area contributed by atoms with Gasteiger partial charge >= 0.3 is 6.03 Å². The van der Waals surface area contributed by atoms with E-state index in [4.69, 9.17) is 11.5 Å². The van der Waals surface area contributed by atoms with Gasteiger partial charge in [-0.05, 0) is 19.5 Å². The zero-order chi connectivity index (χ0) is 9.68. The van der Waals surface area contributed by atoms with Crippen molar-refractivity contribution >= 4 is 6.03 Å². The average Bonchev–Trinajstić information content (AvgIpc) is 2.00. The summed E-state index contributed by atoms with van der Waals surface area (Å²) < 4.78 is 0. The lowest BCUT2D eigenvalue weighted by Crippen LogP contribution is -2.55.